The number of alkyl halides is 6. The number of nitrogens with zero attached hydrogens (tertiary/aromatic N) is 5. The highest BCUT2D eigenvalue weighted by Crippen LogP contribution is 2.35. The van der Waals surface area contributed by atoms with Crippen LogP contribution >= 0.6 is 23.5 Å². The Morgan fingerprint density at radius 1 is 1.02 bits per heavy atom. The normalized spacial score (nSPS) is 13.0. The third-order valence-corrected chi connectivity index (χ3v) is 8.23. The summed E-state index contributed by atoms with van der Waals surface area (Å²) in [6, 6.07) is 6.38. The standard InChI is InChI=1S/C32H25ClF8N8O2S/c1-43-27-23(6-5-20(33)26(27)28(42)47-52-2)49-29(45-21-12-16(31(36,37)38)3-4-19(21)30(49)51)22(11-15-9-17(34)13-18(35)10-15)44-25(50)14-48-8-7-24(46-48)32(39,40)41/h3-10,12-13,22,43H,11,14H2,1-2H3,(H2,42,47)(H,44,50). The number of amidine groups is 1. The summed E-state index contributed by atoms with van der Waals surface area (Å²) in [4.78, 5) is 32.2. The number of nitrogens with two attached hydrogens (primary N) is 1. The average Bonchev–Trinajstić information content (AvgIpc) is 3.52. The Bertz CT molecular complexity index is 2230. The Morgan fingerprint density at radius 3 is 2.31 bits per heavy atom. The summed E-state index contributed by atoms with van der Waals surface area (Å²) in [5.74, 6) is -3.56. The number of fused-ring (bicyclic) bond motifs is 1. The predicted molar refractivity (Wildman–Crippen MR) is 179 cm³/mol. The molecule has 0 aliphatic rings. The maximum atomic E-state index is 14.4. The number of carbonyl (C=O) groups excluding carboxylic acids is 1. The van der Waals surface area contributed by atoms with Crippen LogP contribution in [0.15, 0.2) is 70.0 Å². The van der Waals surface area contributed by atoms with Crippen molar-refractivity contribution in [2.75, 3.05) is 18.6 Å². The summed E-state index contributed by atoms with van der Waals surface area (Å²) in [5, 5.41) is 8.52. The van der Waals surface area contributed by atoms with E-state index in [-0.39, 0.29) is 38.7 Å². The van der Waals surface area contributed by atoms with Crippen molar-refractivity contribution in [2.24, 2.45) is 10.1 Å². The van der Waals surface area contributed by atoms with Crippen LogP contribution in [-0.4, -0.2) is 44.4 Å². The fourth-order valence-corrected chi connectivity index (χ4v) is 5.95. The molecular formula is C32H25ClF8N8O2S. The Labute approximate surface area is 297 Å². The van der Waals surface area contributed by atoms with Gasteiger partial charge in [-0.25, -0.2) is 13.8 Å². The molecule has 1 amide bonds. The van der Waals surface area contributed by atoms with E-state index < -0.39 is 77.1 Å². The highest BCUT2D eigenvalue weighted by Gasteiger charge is 2.34. The van der Waals surface area contributed by atoms with Crippen molar-refractivity contribution < 1.29 is 39.9 Å². The quantitative estimate of drug-likeness (QED) is 0.0625. The number of aromatic nitrogens is 4. The minimum absolute atomic E-state index is 0.0259. The van der Waals surface area contributed by atoms with E-state index in [1.54, 1.807) is 6.26 Å². The second-order valence-electron chi connectivity index (χ2n) is 11.1. The van der Waals surface area contributed by atoms with Gasteiger partial charge in [0.15, 0.2) is 5.69 Å². The lowest BCUT2D eigenvalue weighted by Gasteiger charge is -2.25. The van der Waals surface area contributed by atoms with Gasteiger partial charge in [0.05, 0.1) is 44.5 Å². The number of hydrogen-bond acceptors (Lipinski definition) is 7. The van der Waals surface area contributed by atoms with Gasteiger partial charge in [-0.05, 0) is 66.0 Å². The minimum atomic E-state index is -4.85. The van der Waals surface area contributed by atoms with Gasteiger partial charge < -0.3 is 16.4 Å². The molecule has 4 N–H and O–H groups in total. The van der Waals surface area contributed by atoms with Crippen molar-refractivity contribution in [3.8, 4) is 5.69 Å². The smallest absolute Gasteiger partial charge is 0.386 e. The first kappa shape index (κ1) is 38.1. The fourth-order valence-electron chi connectivity index (χ4n) is 5.41. The van der Waals surface area contributed by atoms with E-state index in [1.807, 2.05) is 0 Å². The van der Waals surface area contributed by atoms with E-state index in [1.165, 1.54) is 19.2 Å². The molecule has 1 atom stereocenters. The first-order valence-corrected chi connectivity index (χ1v) is 16.3. The molecule has 2 heterocycles. The number of benzene rings is 3. The monoisotopic (exact) mass is 772 g/mol. The number of anilines is 1. The number of halogens is 9. The molecule has 5 aromatic rings. The lowest BCUT2D eigenvalue weighted by Crippen LogP contribution is -2.37. The van der Waals surface area contributed by atoms with Crippen LogP contribution in [-0.2, 0) is 30.1 Å². The summed E-state index contributed by atoms with van der Waals surface area (Å²) < 4.78 is 115. The number of amides is 1. The molecular weight excluding hydrogens is 748 g/mol. The van der Waals surface area contributed by atoms with E-state index in [4.69, 9.17) is 17.3 Å². The molecule has 1 unspecified atom stereocenters. The maximum absolute atomic E-state index is 14.4. The highest BCUT2D eigenvalue weighted by molar-refractivity contribution is 7.97. The Kier molecular flexibility index (Phi) is 10.9. The topological polar surface area (TPSA) is 132 Å². The van der Waals surface area contributed by atoms with Crippen molar-refractivity contribution >= 4 is 51.9 Å². The molecule has 0 saturated heterocycles. The predicted octanol–water partition coefficient (Wildman–Crippen LogP) is 6.68. The van der Waals surface area contributed by atoms with Crippen LogP contribution in [0.4, 0.5) is 40.8 Å². The third kappa shape index (κ3) is 8.14. The lowest BCUT2D eigenvalue weighted by atomic mass is 10.0. The maximum Gasteiger partial charge on any atom is 0.435 e. The van der Waals surface area contributed by atoms with Crippen LogP contribution in [0.25, 0.3) is 16.6 Å². The summed E-state index contributed by atoms with van der Waals surface area (Å²) in [5.41, 5.74) is 2.45. The third-order valence-electron chi connectivity index (χ3n) is 7.54. The van der Waals surface area contributed by atoms with E-state index >= 15 is 0 Å². The molecule has 20 heteroatoms. The molecule has 0 aliphatic heterocycles. The van der Waals surface area contributed by atoms with Crippen LogP contribution in [0.5, 0.6) is 0 Å². The zero-order valence-electron chi connectivity index (χ0n) is 26.7. The summed E-state index contributed by atoms with van der Waals surface area (Å²) >= 11 is 7.47. The van der Waals surface area contributed by atoms with Gasteiger partial charge >= 0.3 is 12.4 Å². The van der Waals surface area contributed by atoms with E-state index in [9.17, 15) is 44.7 Å². The molecule has 5 rings (SSSR count). The second-order valence-corrected chi connectivity index (χ2v) is 12.0. The van der Waals surface area contributed by atoms with E-state index in [0.717, 1.165) is 40.9 Å². The van der Waals surface area contributed by atoms with E-state index in [2.05, 4.69) is 25.1 Å². The van der Waals surface area contributed by atoms with Gasteiger partial charge in [0.25, 0.3) is 5.56 Å². The van der Waals surface area contributed by atoms with Crippen LogP contribution in [0.1, 0.15) is 34.3 Å². The van der Waals surface area contributed by atoms with Gasteiger partial charge in [-0.15, -0.1) is 0 Å². The molecule has 0 bridgehead atoms. The van der Waals surface area contributed by atoms with Gasteiger partial charge in [-0.1, -0.05) is 11.6 Å². The molecule has 0 radical (unpaired) electrons. The first-order valence-electron chi connectivity index (χ1n) is 14.8. The largest absolute Gasteiger partial charge is 0.435 e. The van der Waals surface area contributed by atoms with Crippen molar-refractivity contribution in [3.05, 3.63) is 116 Å². The van der Waals surface area contributed by atoms with Crippen molar-refractivity contribution in [1.29, 1.82) is 0 Å². The zero-order valence-corrected chi connectivity index (χ0v) is 28.3. The van der Waals surface area contributed by atoms with Crippen molar-refractivity contribution in [3.63, 3.8) is 0 Å². The molecule has 0 saturated carbocycles. The van der Waals surface area contributed by atoms with E-state index in [0.29, 0.717) is 28.9 Å². The average molecular weight is 773 g/mol. The molecule has 0 aliphatic carbocycles. The molecule has 52 heavy (non-hydrogen) atoms. The van der Waals surface area contributed by atoms with Crippen molar-refractivity contribution in [1.82, 2.24) is 24.6 Å². The van der Waals surface area contributed by atoms with Crippen LogP contribution in [0.2, 0.25) is 5.02 Å². The summed E-state index contributed by atoms with van der Waals surface area (Å²) in [6.45, 7) is -0.811. The Balaban J connectivity index is 1.79. The highest BCUT2D eigenvalue weighted by atomic mass is 35.5. The lowest BCUT2D eigenvalue weighted by molar-refractivity contribution is -0.142. The fraction of sp³-hybridized carbons (Fsp3) is 0.219. The number of rotatable bonds is 10. The number of carbonyl (C=O) groups is 1. The molecule has 10 nitrogen and oxygen atoms in total. The second kappa shape index (κ2) is 14.8. The van der Waals surface area contributed by atoms with Gasteiger partial charge in [-0.2, -0.15) is 35.8 Å². The number of hydrogen-bond donors (Lipinski definition) is 3. The van der Waals surface area contributed by atoms with Gasteiger partial charge in [0.1, 0.15) is 29.8 Å². The Morgan fingerprint density at radius 2 is 1.71 bits per heavy atom. The van der Waals surface area contributed by atoms with Gasteiger partial charge in [-0.3, -0.25) is 18.8 Å². The van der Waals surface area contributed by atoms with Crippen LogP contribution in [0.3, 0.4) is 0 Å². The molecule has 0 fully saturated rings. The Hall–Kier alpha value is -5.17. The SMILES string of the molecule is CNc1c(-n2c(C(Cc3cc(F)cc(F)c3)NC(=O)Cn3ccc(C(F)(F)F)n3)nc3cc(C(F)(F)F)ccc3c2=O)ccc(Cl)c1/C(N)=N/SC. The molecule has 2 aromatic heterocycles. The first-order chi connectivity index (χ1) is 24.4. The molecule has 3 aromatic carbocycles. The zero-order chi connectivity index (χ0) is 38.1. The summed E-state index contributed by atoms with van der Waals surface area (Å²) in [6.07, 6.45) is -7.69. The summed E-state index contributed by atoms with van der Waals surface area (Å²) in [7, 11) is 1.45. The molecule has 274 valence electrons. The van der Waals surface area contributed by atoms with Gasteiger partial charge in [0.2, 0.25) is 5.91 Å². The molecule has 0 spiro atoms. The van der Waals surface area contributed by atoms with Crippen LogP contribution < -0.4 is 21.9 Å². The van der Waals surface area contributed by atoms with Gasteiger partial charge in [0, 0.05) is 32.0 Å². The number of nitrogens with one attached hydrogen (secondary N) is 2. The minimum Gasteiger partial charge on any atom is -0.386 e. The van der Waals surface area contributed by atoms with Crippen LogP contribution in [0, 0.1) is 11.6 Å². The van der Waals surface area contributed by atoms with Crippen molar-refractivity contribution in [2.45, 2.75) is 31.4 Å².